The van der Waals surface area contributed by atoms with Crippen molar-refractivity contribution in [1.29, 1.82) is 5.26 Å². The predicted molar refractivity (Wildman–Crippen MR) is 163 cm³/mol. The largest absolute Gasteiger partial charge is 0.325 e. The third-order valence-electron chi connectivity index (χ3n) is 7.66. The maximum Gasteiger partial charge on any atom is 0.273 e. The van der Waals surface area contributed by atoms with Crippen molar-refractivity contribution in [3.8, 4) is 34.1 Å². The molecular formula is C31H23Cl2FN8O2. The van der Waals surface area contributed by atoms with Gasteiger partial charge in [-0.25, -0.2) is 14.1 Å². The van der Waals surface area contributed by atoms with Crippen LogP contribution in [-0.2, 0) is 4.79 Å². The van der Waals surface area contributed by atoms with Crippen LogP contribution in [0.4, 0.5) is 10.1 Å². The minimum atomic E-state index is -0.808. The molecule has 220 valence electrons. The average Bonchev–Trinajstić information content (AvgIpc) is 3.57. The summed E-state index contributed by atoms with van der Waals surface area (Å²) >= 11 is 12.8. The molecule has 0 saturated heterocycles. The summed E-state index contributed by atoms with van der Waals surface area (Å²) in [6, 6.07) is 13.1. The summed E-state index contributed by atoms with van der Waals surface area (Å²) in [6.07, 6.45) is 7.44. The molecule has 6 rings (SSSR count). The summed E-state index contributed by atoms with van der Waals surface area (Å²) in [5, 5.41) is 19.7. The van der Waals surface area contributed by atoms with E-state index in [9.17, 15) is 14.9 Å². The van der Waals surface area contributed by atoms with Gasteiger partial charge in [0, 0.05) is 23.4 Å². The highest BCUT2D eigenvalue weighted by atomic mass is 35.5. The number of rotatable bonds is 3. The zero-order valence-corrected chi connectivity index (χ0v) is 24.7. The first-order chi connectivity index (χ1) is 21.3. The van der Waals surface area contributed by atoms with Gasteiger partial charge in [0.15, 0.2) is 5.82 Å². The van der Waals surface area contributed by atoms with Crippen LogP contribution in [-0.4, -0.2) is 35.4 Å². The molecule has 1 N–H and O–H groups in total. The fourth-order valence-corrected chi connectivity index (χ4v) is 5.73. The van der Waals surface area contributed by atoms with Gasteiger partial charge in [0.2, 0.25) is 5.91 Å². The Labute approximate surface area is 260 Å². The number of nitriles is 1. The average molecular weight is 629 g/mol. The van der Waals surface area contributed by atoms with Crippen LogP contribution in [0.1, 0.15) is 43.5 Å². The van der Waals surface area contributed by atoms with Crippen molar-refractivity contribution in [2.45, 2.75) is 32.2 Å². The number of anilines is 1. The van der Waals surface area contributed by atoms with E-state index in [1.165, 1.54) is 40.1 Å². The number of aromatic nitrogens is 6. The number of hydrogen-bond donors (Lipinski definition) is 1. The summed E-state index contributed by atoms with van der Waals surface area (Å²) in [4.78, 5) is 36.0. The van der Waals surface area contributed by atoms with E-state index in [2.05, 4.69) is 31.7 Å². The quantitative estimate of drug-likeness (QED) is 0.251. The molecular weight excluding hydrogens is 606 g/mol. The van der Waals surface area contributed by atoms with Crippen molar-refractivity contribution in [3.05, 3.63) is 105 Å². The van der Waals surface area contributed by atoms with E-state index >= 15 is 4.39 Å². The molecule has 13 heteroatoms. The molecule has 2 bridgehead atoms. The second-order valence-corrected chi connectivity index (χ2v) is 11.2. The van der Waals surface area contributed by atoms with Crippen molar-refractivity contribution >= 4 is 34.8 Å². The number of nitrogens with one attached hydrogen (secondary N) is 1. The number of amides is 1. The number of nitrogens with zero attached hydrogens (tertiary/aromatic N) is 7. The van der Waals surface area contributed by atoms with Crippen LogP contribution in [0.5, 0.6) is 0 Å². The Morgan fingerprint density at radius 2 is 1.91 bits per heavy atom. The highest BCUT2D eigenvalue weighted by molar-refractivity contribution is 6.33. The van der Waals surface area contributed by atoms with Crippen LogP contribution < -0.4 is 10.9 Å². The molecule has 0 fully saturated rings. The lowest BCUT2D eigenvalue weighted by atomic mass is 9.95. The lowest BCUT2D eigenvalue weighted by Gasteiger charge is -2.23. The Hall–Kier alpha value is -4.92. The van der Waals surface area contributed by atoms with Crippen LogP contribution in [0.2, 0.25) is 10.0 Å². The van der Waals surface area contributed by atoms with Gasteiger partial charge < -0.3 is 5.32 Å². The molecule has 1 amide bonds. The Bertz CT molecular complexity index is 2010. The van der Waals surface area contributed by atoms with Crippen LogP contribution in [0.3, 0.4) is 0 Å². The normalized spacial score (nSPS) is 16.7. The number of carbonyl (C=O) groups is 1. The van der Waals surface area contributed by atoms with Crippen LogP contribution in [0.25, 0.3) is 28.1 Å². The molecule has 1 aliphatic rings. The molecule has 0 saturated carbocycles. The summed E-state index contributed by atoms with van der Waals surface area (Å²) in [7, 11) is 0. The van der Waals surface area contributed by atoms with E-state index in [4.69, 9.17) is 23.2 Å². The zero-order valence-electron chi connectivity index (χ0n) is 23.2. The molecule has 4 heterocycles. The van der Waals surface area contributed by atoms with Crippen molar-refractivity contribution in [2.75, 3.05) is 5.32 Å². The molecule has 44 heavy (non-hydrogen) atoms. The molecule has 1 aliphatic heterocycles. The van der Waals surface area contributed by atoms with E-state index in [1.54, 1.807) is 30.5 Å². The lowest BCUT2D eigenvalue weighted by Crippen LogP contribution is -2.28. The third-order valence-corrected chi connectivity index (χ3v) is 8.29. The second-order valence-electron chi connectivity index (χ2n) is 10.4. The molecule has 0 aliphatic carbocycles. The molecule has 0 spiro atoms. The molecule has 5 aromatic rings. The fraction of sp³-hybridized carbons (Fsp3) is 0.194. The van der Waals surface area contributed by atoms with Gasteiger partial charge in [0.05, 0.1) is 58.4 Å². The lowest BCUT2D eigenvalue weighted by molar-refractivity contribution is -0.119. The number of carbonyl (C=O) groups excluding carboxylic acids is 1. The van der Waals surface area contributed by atoms with Gasteiger partial charge in [-0.2, -0.15) is 5.26 Å². The van der Waals surface area contributed by atoms with Crippen LogP contribution in [0.15, 0.2) is 72.2 Å². The summed E-state index contributed by atoms with van der Waals surface area (Å²) in [5.41, 5.74) is 2.38. The number of fused-ring (bicyclic) bond motifs is 4. The summed E-state index contributed by atoms with van der Waals surface area (Å²) in [5.74, 6) is -1.33. The van der Waals surface area contributed by atoms with Crippen LogP contribution in [0, 0.1) is 23.1 Å². The molecule has 2 atom stereocenters. The van der Waals surface area contributed by atoms with E-state index in [-0.39, 0.29) is 38.8 Å². The molecule has 0 radical (unpaired) electrons. The maximum absolute atomic E-state index is 15.5. The Morgan fingerprint density at radius 3 is 2.68 bits per heavy atom. The minimum Gasteiger partial charge on any atom is -0.325 e. The van der Waals surface area contributed by atoms with Gasteiger partial charge in [-0.05, 0) is 54.8 Å². The van der Waals surface area contributed by atoms with E-state index < -0.39 is 17.4 Å². The molecule has 3 aromatic heterocycles. The van der Waals surface area contributed by atoms with Gasteiger partial charge in [0.25, 0.3) is 5.56 Å². The van der Waals surface area contributed by atoms with Gasteiger partial charge in [-0.3, -0.25) is 19.1 Å². The van der Waals surface area contributed by atoms with Gasteiger partial charge in [-0.1, -0.05) is 47.8 Å². The Morgan fingerprint density at radius 1 is 1.07 bits per heavy atom. The number of pyridine rings is 1. The van der Waals surface area contributed by atoms with E-state index in [0.29, 0.717) is 41.8 Å². The van der Waals surface area contributed by atoms with E-state index in [0.717, 1.165) is 5.56 Å². The predicted octanol–water partition coefficient (Wildman–Crippen LogP) is 6.22. The zero-order chi connectivity index (χ0) is 31.0. The first-order valence-corrected chi connectivity index (χ1v) is 14.5. The number of halogens is 3. The molecule has 2 aromatic carbocycles. The summed E-state index contributed by atoms with van der Waals surface area (Å²) in [6.45, 7) is 1.83. The highest BCUT2D eigenvalue weighted by Gasteiger charge is 2.26. The van der Waals surface area contributed by atoms with Crippen LogP contribution >= 0.6 is 23.2 Å². The first kappa shape index (κ1) is 29.2. The van der Waals surface area contributed by atoms with Gasteiger partial charge >= 0.3 is 0 Å². The van der Waals surface area contributed by atoms with Gasteiger partial charge in [0.1, 0.15) is 10.7 Å². The minimum absolute atomic E-state index is 0.0933. The van der Waals surface area contributed by atoms with Crippen molar-refractivity contribution < 1.29 is 9.18 Å². The SMILES string of the molecule is C[C@@H]1CCC[C@H](n2cnc(-c3c(-n4ccnn4)ccc(Cl)c3F)c(Cl)c2=O)c2cc(ccn2)-c2ccc(C#N)cc2NC1=O. The van der Waals surface area contributed by atoms with Gasteiger partial charge in [-0.15, -0.1) is 5.10 Å². The Balaban J connectivity index is 1.49. The highest BCUT2D eigenvalue weighted by Crippen LogP contribution is 2.36. The fourth-order valence-electron chi connectivity index (χ4n) is 5.33. The smallest absolute Gasteiger partial charge is 0.273 e. The topological polar surface area (TPSA) is 131 Å². The monoisotopic (exact) mass is 628 g/mol. The third kappa shape index (κ3) is 5.34. The maximum atomic E-state index is 15.5. The number of benzene rings is 2. The molecule has 10 nitrogen and oxygen atoms in total. The number of hydrogen-bond acceptors (Lipinski definition) is 7. The Kier molecular flexibility index (Phi) is 7.95. The van der Waals surface area contributed by atoms with Crippen molar-refractivity contribution in [3.63, 3.8) is 0 Å². The second kappa shape index (κ2) is 12.0. The van der Waals surface area contributed by atoms with Crippen molar-refractivity contribution in [2.24, 2.45) is 5.92 Å². The first-order valence-electron chi connectivity index (χ1n) is 13.7. The molecule has 0 unspecified atom stereocenters. The van der Waals surface area contributed by atoms with Crippen molar-refractivity contribution in [1.82, 2.24) is 29.5 Å². The summed E-state index contributed by atoms with van der Waals surface area (Å²) < 4.78 is 18.2. The standard InChI is InChI=1S/C31H23Cl2FN8O2/c1-17-3-2-4-24(23-14-19(9-10-36-23)20-6-5-18(15-35)13-22(20)39-30(17)43)41-16-37-29(27(33)31(41)44)26-25(42-12-11-38-40-42)8-7-21(32)28(26)34/h5-14,16-17,24H,2-4H2,1H3,(H,39,43)/t17-,24+/m1/s1. The van der Waals surface area contributed by atoms with E-state index in [1.807, 2.05) is 13.0 Å².